The van der Waals surface area contributed by atoms with Crippen molar-refractivity contribution in [2.45, 2.75) is 51.0 Å². The second-order valence-corrected chi connectivity index (χ2v) is 8.85. The van der Waals surface area contributed by atoms with Crippen LogP contribution in [-0.4, -0.2) is 45.8 Å². The van der Waals surface area contributed by atoms with E-state index in [-0.39, 0.29) is 11.3 Å². The number of benzene rings is 1. The zero-order valence-electron chi connectivity index (χ0n) is 16.5. The Morgan fingerprint density at radius 2 is 2.04 bits per heavy atom. The molecule has 0 N–H and O–H groups in total. The van der Waals surface area contributed by atoms with Gasteiger partial charge in [-0.2, -0.15) is 0 Å². The van der Waals surface area contributed by atoms with Crippen molar-refractivity contribution in [2.75, 3.05) is 20.2 Å². The van der Waals surface area contributed by atoms with Crippen molar-refractivity contribution < 1.29 is 9.53 Å². The standard InChI is InChI=1S/C22H28N4O2/c1-28-18-7-5-16(6-8-18)11-20(27)25-13-19(22(14-25)9-2-10-22)21-24-23-15-26(21)12-17-3-4-17/h5-8,15,17,19H,2-4,9-14H2,1H3. The third-order valence-corrected chi connectivity index (χ3v) is 6.97. The first-order chi connectivity index (χ1) is 13.7. The lowest BCUT2D eigenvalue weighted by atomic mass is 9.62. The maximum absolute atomic E-state index is 13.0. The quantitative estimate of drug-likeness (QED) is 0.773. The minimum Gasteiger partial charge on any atom is -0.497 e. The highest BCUT2D eigenvalue weighted by Gasteiger charge is 2.53. The molecule has 2 aliphatic carbocycles. The summed E-state index contributed by atoms with van der Waals surface area (Å²) in [5.74, 6) is 3.25. The second kappa shape index (κ2) is 6.90. The number of likely N-dealkylation sites (tertiary alicyclic amines) is 1. The van der Waals surface area contributed by atoms with E-state index in [1.165, 1.54) is 32.1 Å². The number of methoxy groups -OCH3 is 1. The summed E-state index contributed by atoms with van der Waals surface area (Å²) in [4.78, 5) is 15.1. The van der Waals surface area contributed by atoms with Crippen LogP contribution in [0.1, 0.15) is 49.4 Å². The monoisotopic (exact) mass is 380 g/mol. The molecule has 1 aromatic heterocycles. The Hall–Kier alpha value is -2.37. The SMILES string of the molecule is COc1ccc(CC(=O)N2CC(c3nncn3CC3CC3)C3(CCC3)C2)cc1. The zero-order chi connectivity index (χ0) is 19.1. The summed E-state index contributed by atoms with van der Waals surface area (Å²) in [6.45, 7) is 2.68. The molecule has 2 aromatic rings. The van der Waals surface area contributed by atoms with Crippen LogP contribution in [0.15, 0.2) is 30.6 Å². The molecule has 148 valence electrons. The molecule has 3 aliphatic rings. The first-order valence-electron chi connectivity index (χ1n) is 10.5. The largest absolute Gasteiger partial charge is 0.497 e. The van der Waals surface area contributed by atoms with Crippen LogP contribution in [0.3, 0.4) is 0 Å². The Kier molecular flexibility index (Phi) is 4.37. The number of amides is 1. The van der Waals surface area contributed by atoms with E-state index in [1.807, 2.05) is 30.6 Å². The highest BCUT2D eigenvalue weighted by Crippen LogP contribution is 2.55. The molecule has 1 aromatic carbocycles. The zero-order valence-corrected chi connectivity index (χ0v) is 16.5. The van der Waals surface area contributed by atoms with Gasteiger partial charge in [0.2, 0.25) is 5.91 Å². The first-order valence-corrected chi connectivity index (χ1v) is 10.5. The van der Waals surface area contributed by atoms with Crippen LogP contribution < -0.4 is 4.74 Å². The van der Waals surface area contributed by atoms with Crippen molar-refractivity contribution in [2.24, 2.45) is 11.3 Å². The molecule has 1 aliphatic heterocycles. The van der Waals surface area contributed by atoms with Crippen molar-refractivity contribution in [3.05, 3.63) is 42.0 Å². The van der Waals surface area contributed by atoms with Gasteiger partial charge in [-0.1, -0.05) is 18.6 Å². The lowest BCUT2D eigenvalue weighted by Gasteiger charge is -2.42. The van der Waals surface area contributed by atoms with Gasteiger partial charge in [-0.15, -0.1) is 10.2 Å². The Bertz CT molecular complexity index is 852. The van der Waals surface area contributed by atoms with Gasteiger partial charge in [0.05, 0.1) is 13.5 Å². The van der Waals surface area contributed by atoms with E-state index >= 15 is 0 Å². The third-order valence-electron chi connectivity index (χ3n) is 6.97. The van der Waals surface area contributed by atoms with E-state index in [9.17, 15) is 4.79 Å². The van der Waals surface area contributed by atoms with Crippen LogP contribution >= 0.6 is 0 Å². The topological polar surface area (TPSA) is 60.2 Å². The summed E-state index contributed by atoms with van der Waals surface area (Å²) in [5.41, 5.74) is 1.25. The molecule has 1 unspecified atom stereocenters. The molecule has 2 saturated carbocycles. The Labute approximate surface area is 165 Å². The predicted octanol–water partition coefficient (Wildman–Crippen LogP) is 3.04. The lowest BCUT2D eigenvalue weighted by Crippen LogP contribution is -2.38. The normalized spacial score (nSPS) is 23.0. The van der Waals surface area contributed by atoms with Gasteiger partial charge in [0, 0.05) is 25.6 Å². The summed E-state index contributed by atoms with van der Waals surface area (Å²) in [7, 11) is 1.66. The van der Waals surface area contributed by atoms with Gasteiger partial charge in [-0.05, 0) is 54.7 Å². The van der Waals surface area contributed by atoms with Crippen molar-refractivity contribution in [1.29, 1.82) is 0 Å². The van der Waals surface area contributed by atoms with E-state index in [2.05, 4.69) is 19.7 Å². The molecule has 1 atom stereocenters. The van der Waals surface area contributed by atoms with E-state index in [1.54, 1.807) is 7.11 Å². The molecule has 0 bridgehead atoms. The van der Waals surface area contributed by atoms with Crippen LogP contribution in [0.2, 0.25) is 0 Å². The number of aromatic nitrogens is 3. The smallest absolute Gasteiger partial charge is 0.227 e. The molecule has 2 heterocycles. The molecule has 3 fully saturated rings. The number of ether oxygens (including phenoxy) is 1. The fourth-order valence-electron chi connectivity index (χ4n) is 4.93. The maximum atomic E-state index is 13.0. The molecule has 28 heavy (non-hydrogen) atoms. The number of carbonyl (C=O) groups excluding carboxylic acids is 1. The fourth-order valence-corrected chi connectivity index (χ4v) is 4.93. The molecule has 1 saturated heterocycles. The average molecular weight is 380 g/mol. The fraction of sp³-hybridized carbons (Fsp3) is 0.591. The van der Waals surface area contributed by atoms with Crippen LogP contribution in [0, 0.1) is 11.3 Å². The lowest BCUT2D eigenvalue weighted by molar-refractivity contribution is -0.130. The van der Waals surface area contributed by atoms with Crippen LogP contribution in [0.4, 0.5) is 0 Å². The first kappa shape index (κ1) is 17.7. The summed E-state index contributed by atoms with van der Waals surface area (Å²) < 4.78 is 7.48. The maximum Gasteiger partial charge on any atom is 0.227 e. The van der Waals surface area contributed by atoms with Crippen molar-refractivity contribution in [1.82, 2.24) is 19.7 Å². The number of nitrogens with zero attached hydrogens (tertiary/aromatic N) is 4. The third kappa shape index (κ3) is 3.19. The molecule has 1 spiro atoms. The second-order valence-electron chi connectivity index (χ2n) is 8.85. The minimum atomic E-state index is 0.212. The Morgan fingerprint density at radius 1 is 1.25 bits per heavy atom. The van der Waals surface area contributed by atoms with E-state index in [0.29, 0.717) is 12.3 Å². The summed E-state index contributed by atoms with van der Waals surface area (Å²) >= 11 is 0. The highest BCUT2D eigenvalue weighted by atomic mass is 16.5. The van der Waals surface area contributed by atoms with Crippen LogP contribution in [0.25, 0.3) is 0 Å². The van der Waals surface area contributed by atoms with Crippen LogP contribution in [0.5, 0.6) is 5.75 Å². The summed E-state index contributed by atoms with van der Waals surface area (Å²) in [6.07, 6.45) is 8.62. The molecular formula is C22H28N4O2. The number of carbonyl (C=O) groups is 1. The number of hydrogen-bond acceptors (Lipinski definition) is 4. The van der Waals surface area contributed by atoms with Gasteiger partial charge < -0.3 is 14.2 Å². The van der Waals surface area contributed by atoms with Gasteiger partial charge in [-0.25, -0.2) is 0 Å². The van der Waals surface area contributed by atoms with E-state index in [0.717, 1.165) is 42.7 Å². The van der Waals surface area contributed by atoms with Gasteiger partial charge >= 0.3 is 0 Å². The van der Waals surface area contributed by atoms with Gasteiger partial charge in [0.1, 0.15) is 17.9 Å². The average Bonchev–Trinajstić information content (AvgIpc) is 3.21. The molecular weight excluding hydrogens is 352 g/mol. The Balaban J connectivity index is 1.32. The van der Waals surface area contributed by atoms with Gasteiger partial charge in [0.25, 0.3) is 0 Å². The number of hydrogen-bond donors (Lipinski definition) is 0. The molecule has 1 amide bonds. The predicted molar refractivity (Wildman–Crippen MR) is 105 cm³/mol. The van der Waals surface area contributed by atoms with Gasteiger partial charge in [-0.3, -0.25) is 4.79 Å². The van der Waals surface area contributed by atoms with Crippen molar-refractivity contribution in [3.8, 4) is 5.75 Å². The van der Waals surface area contributed by atoms with Gasteiger partial charge in [0.15, 0.2) is 0 Å². The van der Waals surface area contributed by atoms with Crippen molar-refractivity contribution in [3.63, 3.8) is 0 Å². The van der Waals surface area contributed by atoms with Crippen molar-refractivity contribution >= 4 is 5.91 Å². The van der Waals surface area contributed by atoms with E-state index in [4.69, 9.17) is 4.74 Å². The highest BCUT2D eigenvalue weighted by molar-refractivity contribution is 5.79. The summed E-state index contributed by atoms with van der Waals surface area (Å²) in [5, 5.41) is 8.74. The molecule has 5 rings (SSSR count). The van der Waals surface area contributed by atoms with E-state index < -0.39 is 0 Å². The van der Waals surface area contributed by atoms with Crippen LogP contribution in [-0.2, 0) is 17.8 Å². The Morgan fingerprint density at radius 3 is 2.68 bits per heavy atom. The molecule has 6 nitrogen and oxygen atoms in total. The molecule has 6 heteroatoms. The molecule has 0 radical (unpaired) electrons. The summed E-state index contributed by atoms with van der Waals surface area (Å²) in [6, 6.07) is 7.80. The minimum absolute atomic E-state index is 0.212. The number of rotatable bonds is 6.